The molecule has 3 fully saturated rings. The minimum absolute atomic E-state index is 0.0117. The smallest absolute Gasteiger partial charge is 0.417 e. The predicted octanol–water partition coefficient (Wildman–Crippen LogP) is 6.08. The quantitative estimate of drug-likeness (QED) is 0.491. The van der Waals surface area contributed by atoms with Gasteiger partial charge in [0.15, 0.2) is 0 Å². The number of aliphatic hydroxyl groups is 1. The molecule has 3 aromatic rings. The number of hydrogen-bond donors (Lipinski definition) is 1. The highest BCUT2D eigenvalue weighted by Crippen LogP contribution is 2.44. The van der Waals surface area contributed by atoms with Crippen LogP contribution in [-0.4, -0.2) is 41.2 Å². The van der Waals surface area contributed by atoms with Gasteiger partial charge >= 0.3 is 6.18 Å². The van der Waals surface area contributed by atoms with Crippen molar-refractivity contribution in [2.24, 2.45) is 11.8 Å². The Morgan fingerprint density at radius 3 is 2.65 bits per heavy atom. The molecular formula is C27H29F3N2O2. The second-order valence-electron chi connectivity index (χ2n) is 9.48. The summed E-state index contributed by atoms with van der Waals surface area (Å²) in [6, 6.07) is 12.3. The Morgan fingerprint density at radius 1 is 1.18 bits per heavy atom. The monoisotopic (exact) mass is 470 g/mol. The molecule has 1 aromatic heterocycles. The van der Waals surface area contributed by atoms with Gasteiger partial charge in [-0.15, -0.1) is 0 Å². The highest BCUT2D eigenvalue weighted by atomic mass is 19.4. The average molecular weight is 471 g/mol. The summed E-state index contributed by atoms with van der Waals surface area (Å²) >= 11 is 0. The van der Waals surface area contributed by atoms with Crippen LogP contribution in [-0.2, 0) is 6.18 Å². The number of nitrogens with zero attached hydrogens (tertiary/aromatic N) is 2. The molecule has 7 heteroatoms. The second kappa shape index (κ2) is 8.86. The highest BCUT2D eigenvalue weighted by Gasteiger charge is 2.43. The molecule has 0 radical (unpaired) electrons. The maximum Gasteiger partial charge on any atom is 0.417 e. The average Bonchev–Trinajstić information content (AvgIpc) is 2.86. The van der Waals surface area contributed by atoms with Gasteiger partial charge in [-0.25, -0.2) is 4.98 Å². The lowest BCUT2D eigenvalue weighted by atomic mass is 9.72. The molecule has 4 heterocycles. The third-order valence-corrected chi connectivity index (χ3v) is 7.70. The molecular weight excluding hydrogens is 441 g/mol. The molecule has 180 valence electrons. The fraction of sp³-hybridized carbons (Fsp3) is 0.444. The van der Waals surface area contributed by atoms with E-state index in [2.05, 4.69) is 16.8 Å². The molecule has 0 amide bonds. The fourth-order valence-electron chi connectivity index (χ4n) is 5.87. The van der Waals surface area contributed by atoms with Crippen LogP contribution in [0.1, 0.15) is 43.4 Å². The molecule has 2 bridgehead atoms. The van der Waals surface area contributed by atoms with Crippen LogP contribution in [0, 0.1) is 11.8 Å². The Labute approximate surface area is 197 Å². The molecule has 4 nitrogen and oxygen atoms in total. The van der Waals surface area contributed by atoms with Gasteiger partial charge in [0.2, 0.25) is 0 Å². The van der Waals surface area contributed by atoms with Crippen molar-refractivity contribution in [1.29, 1.82) is 0 Å². The van der Waals surface area contributed by atoms with Crippen LogP contribution in [0.25, 0.3) is 22.2 Å². The molecule has 3 saturated heterocycles. The Kier molecular flexibility index (Phi) is 6.02. The molecule has 5 atom stereocenters. The molecule has 34 heavy (non-hydrogen) atoms. The summed E-state index contributed by atoms with van der Waals surface area (Å²) in [6.07, 6.45) is -2.19. The topological polar surface area (TPSA) is 45.6 Å². The standard InChI is InChI=1S/C27H29F3N2O2/c1-3-16-15-32-11-10-17(16)12-25(32)26(33)21-14-24(19-6-4-5-7-22(19)27(28,29)30)31-23-9-8-18(34-2)13-20(21)23/h4-9,13-14,16-17,25-26,33H,3,10-12,15H2,1-2H3/t16-,17-,25-,26+/m0/s1. The minimum atomic E-state index is -4.50. The minimum Gasteiger partial charge on any atom is -0.497 e. The number of alkyl halides is 3. The van der Waals surface area contributed by atoms with E-state index in [1.165, 1.54) is 12.1 Å². The van der Waals surface area contributed by atoms with E-state index in [0.29, 0.717) is 34.1 Å². The van der Waals surface area contributed by atoms with Gasteiger partial charge in [0.25, 0.3) is 0 Å². The fourth-order valence-corrected chi connectivity index (χ4v) is 5.87. The lowest BCUT2D eigenvalue weighted by molar-refractivity contribution is -0.137. The van der Waals surface area contributed by atoms with Crippen molar-refractivity contribution in [3.05, 3.63) is 59.7 Å². The number of halogens is 3. The summed E-state index contributed by atoms with van der Waals surface area (Å²) < 4.78 is 46.7. The van der Waals surface area contributed by atoms with Crippen molar-refractivity contribution >= 4 is 10.9 Å². The number of ether oxygens (including phenoxy) is 1. The number of fused-ring (bicyclic) bond motifs is 4. The van der Waals surface area contributed by atoms with E-state index in [1.54, 1.807) is 31.4 Å². The number of methoxy groups -OCH3 is 1. The number of pyridine rings is 1. The summed E-state index contributed by atoms with van der Waals surface area (Å²) in [4.78, 5) is 6.93. The number of piperidine rings is 3. The number of hydrogen-bond acceptors (Lipinski definition) is 4. The van der Waals surface area contributed by atoms with E-state index >= 15 is 0 Å². The van der Waals surface area contributed by atoms with Crippen molar-refractivity contribution in [3.8, 4) is 17.0 Å². The van der Waals surface area contributed by atoms with Gasteiger partial charge in [-0.2, -0.15) is 13.2 Å². The van der Waals surface area contributed by atoms with Gasteiger partial charge in [0, 0.05) is 23.5 Å². The largest absolute Gasteiger partial charge is 0.497 e. The Balaban J connectivity index is 1.64. The molecule has 0 saturated carbocycles. The zero-order valence-electron chi connectivity index (χ0n) is 19.3. The molecule has 0 aliphatic carbocycles. The van der Waals surface area contributed by atoms with Crippen LogP contribution in [0.2, 0.25) is 0 Å². The Hall–Kier alpha value is -2.64. The van der Waals surface area contributed by atoms with E-state index in [0.717, 1.165) is 38.4 Å². The third-order valence-electron chi connectivity index (χ3n) is 7.70. The molecule has 0 spiro atoms. The summed E-state index contributed by atoms with van der Waals surface area (Å²) in [6.45, 7) is 4.11. The molecule has 1 unspecified atom stereocenters. The third kappa shape index (κ3) is 4.05. The summed E-state index contributed by atoms with van der Waals surface area (Å²) in [5.41, 5.74) is 0.620. The van der Waals surface area contributed by atoms with Gasteiger partial charge in [0.1, 0.15) is 5.75 Å². The van der Waals surface area contributed by atoms with E-state index in [9.17, 15) is 18.3 Å². The van der Waals surface area contributed by atoms with E-state index in [1.807, 2.05) is 6.07 Å². The highest BCUT2D eigenvalue weighted by molar-refractivity contribution is 5.87. The Bertz CT molecular complexity index is 1200. The first-order valence-corrected chi connectivity index (χ1v) is 11.9. The van der Waals surface area contributed by atoms with Crippen molar-refractivity contribution in [3.63, 3.8) is 0 Å². The number of rotatable bonds is 5. The maximum atomic E-state index is 13.8. The second-order valence-corrected chi connectivity index (χ2v) is 9.48. The number of benzene rings is 2. The Morgan fingerprint density at radius 2 is 1.97 bits per heavy atom. The maximum absolute atomic E-state index is 13.8. The molecule has 6 rings (SSSR count). The van der Waals surface area contributed by atoms with Crippen molar-refractivity contribution in [1.82, 2.24) is 9.88 Å². The van der Waals surface area contributed by atoms with Gasteiger partial charge in [-0.05, 0) is 67.1 Å². The zero-order chi connectivity index (χ0) is 24.0. The van der Waals surface area contributed by atoms with Crippen LogP contribution < -0.4 is 4.74 Å². The zero-order valence-corrected chi connectivity index (χ0v) is 19.3. The van der Waals surface area contributed by atoms with Crippen molar-refractivity contribution in [2.75, 3.05) is 20.2 Å². The van der Waals surface area contributed by atoms with Gasteiger partial charge < -0.3 is 9.84 Å². The van der Waals surface area contributed by atoms with Crippen molar-refractivity contribution < 1.29 is 23.0 Å². The van der Waals surface area contributed by atoms with Crippen LogP contribution in [0.5, 0.6) is 5.75 Å². The first-order chi connectivity index (χ1) is 16.3. The first kappa shape index (κ1) is 23.1. The summed E-state index contributed by atoms with van der Waals surface area (Å²) in [5, 5.41) is 12.4. The molecule has 1 N–H and O–H groups in total. The van der Waals surface area contributed by atoms with Crippen LogP contribution in [0.15, 0.2) is 48.5 Å². The summed E-state index contributed by atoms with van der Waals surface area (Å²) in [5.74, 6) is 1.83. The molecule has 2 aromatic carbocycles. The van der Waals surface area contributed by atoms with Crippen LogP contribution >= 0.6 is 0 Å². The van der Waals surface area contributed by atoms with Crippen molar-refractivity contribution in [2.45, 2.75) is 44.5 Å². The van der Waals surface area contributed by atoms with Gasteiger partial charge in [0.05, 0.1) is 30.0 Å². The van der Waals surface area contributed by atoms with E-state index in [-0.39, 0.29) is 17.3 Å². The predicted molar refractivity (Wildman–Crippen MR) is 126 cm³/mol. The van der Waals surface area contributed by atoms with Gasteiger partial charge in [-0.3, -0.25) is 4.90 Å². The first-order valence-electron chi connectivity index (χ1n) is 11.9. The SMILES string of the molecule is CC[C@H]1CN2CC[C@H]1C[C@H]2[C@H](O)c1cc(-c2ccccc2C(F)(F)F)nc2ccc(OC)cc12. The van der Waals surface area contributed by atoms with E-state index in [4.69, 9.17) is 4.74 Å². The van der Waals surface area contributed by atoms with Crippen LogP contribution in [0.3, 0.4) is 0 Å². The lowest BCUT2D eigenvalue weighted by Crippen LogP contribution is -2.55. The summed E-state index contributed by atoms with van der Waals surface area (Å²) in [7, 11) is 1.56. The molecule has 3 aliphatic rings. The van der Waals surface area contributed by atoms with E-state index < -0.39 is 17.8 Å². The lowest BCUT2D eigenvalue weighted by Gasteiger charge is -2.51. The molecule has 3 aliphatic heterocycles. The van der Waals surface area contributed by atoms with Gasteiger partial charge in [-0.1, -0.05) is 31.5 Å². The number of aliphatic hydroxyl groups excluding tert-OH is 1. The normalized spacial score (nSPS) is 25.5. The number of aromatic nitrogens is 1. The van der Waals surface area contributed by atoms with Crippen LogP contribution in [0.4, 0.5) is 13.2 Å².